The van der Waals surface area contributed by atoms with E-state index in [2.05, 4.69) is 23.3 Å². The molecule has 2 aromatic rings. The number of amides is 1. The minimum Gasteiger partial charge on any atom is -0.366 e. The summed E-state index contributed by atoms with van der Waals surface area (Å²) in [4.78, 5) is 15.4. The van der Waals surface area contributed by atoms with Gasteiger partial charge in [-0.1, -0.05) is 12.1 Å². The fourth-order valence-corrected chi connectivity index (χ4v) is 2.07. The number of carbonyl (C=O) groups is 1. The van der Waals surface area contributed by atoms with E-state index in [9.17, 15) is 4.79 Å². The number of primary amides is 1. The number of carbonyl (C=O) groups excluding carboxylic acids is 1. The number of pyridine rings is 1. The second-order valence-electron chi connectivity index (χ2n) is 4.88. The molecule has 4 heteroatoms. The van der Waals surface area contributed by atoms with Gasteiger partial charge >= 0.3 is 0 Å². The van der Waals surface area contributed by atoms with E-state index in [0.717, 1.165) is 29.9 Å². The van der Waals surface area contributed by atoms with E-state index in [1.165, 1.54) is 5.56 Å². The van der Waals surface area contributed by atoms with Crippen molar-refractivity contribution in [3.63, 3.8) is 0 Å². The number of hydrogen-bond donors (Lipinski definition) is 2. The monoisotopic (exact) mass is 269 g/mol. The number of aromatic nitrogens is 1. The summed E-state index contributed by atoms with van der Waals surface area (Å²) in [5.74, 6) is -0.392. The van der Waals surface area contributed by atoms with Gasteiger partial charge in [0.1, 0.15) is 0 Å². The summed E-state index contributed by atoms with van der Waals surface area (Å²) >= 11 is 0. The molecule has 0 bridgehead atoms. The average molecular weight is 269 g/mol. The second-order valence-corrected chi connectivity index (χ2v) is 4.88. The number of nitrogens with zero attached hydrogens (tertiary/aromatic N) is 1. The highest BCUT2D eigenvalue weighted by Gasteiger charge is 2.04. The summed E-state index contributed by atoms with van der Waals surface area (Å²) in [5.41, 5.74) is 10.3. The predicted molar refractivity (Wildman–Crippen MR) is 79.2 cm³/mol. The SMILES string of the molecule is Cc1cc(C(N)=O)ccc1CNCc1ncccc1C. The van der Waals surface area contributed by atoms with Crippen LogP contribution in [-0.2, 0) is 13.1 Å². The molecule has 20 heavy (non-hydrogen) atoms. The van der Waals surface area contributed by atoms with Gasteiger partial charge in [0, 0.05) is 24.8 Å². The van der Waals surface area contributed by atoms with E-state index in [0.29, 0.717) is 5.56 Å². The van der Waals surface area contributed by atoms with E-state index in [1.54, 1.807) is 12.3 Å². The Labute approximate surface area is 119 Å². The minimum absolute atomic E-state index is 0.392. The maximum absolute atomic E-state index is 11.1. The Morgan fingerprint density at radius 1 is 1.20 bits per heavy atom. The Morgan fingerprint density at radius 2 is 2.00 bits per heavy atom. The van der Waals surface area contributed by atoms with Crippen molar-refractivity contribution in [3.8, 4) is 0 Å². The van der Waals surface area contributed by atoms with Gasteiger partial charge in [-0.3, -0.25) is 9.78 Å². The maximum Gasteiger partial charge on any atom is 0.248 e. The van der Waals surface area contributed by atoms with E-state index >= 15 is 0 Å². The zero-order valence-corrected chi connectivity index (χ0v) is 11.8. The minimum atomic E-state index is -0.392. The molecule has 0 unspecified atom stereocenters. The first-order valence-corrected chi connectivity index (χ1v) is 6.58. The molecule has 104 valence electrons. The summed E-state index contributed by atoms with van der Waals surface area (Å²) < 4.78 is 0. The zero-order valence-electron chi connectivity index (χ0n) is 11.8. The molecular formula is C16H19N3O. The van der Waals surface area contributed by atoms with Crippen molar-refractivity contribution in [1.82, 2.24) is 10.3 Å². The van der Waals surface area contributed by atoms with E-state index in [-0.39, 0.29) is 0 Å². The molecule has 3 N–H and O–H groups in total. The Kier molecular flexibility index (Phi) is 4.48. The molecule has 1 aromatic heterocycles. The molecule has 0 saturated carbocycles. The lowest BCUT2D eigenvalue weighted by Crippen LogP contribution is -2.16. The van der Waals surface area contributed by atoms with Crippen LogP contribution >= 0.6 is 0 Å². The summed E-state index contributed by atoms with van der Waals surface area (Å²) in [6.45, 7) is 5.50. The van der Waals surface area contributed by atoms with Crippen molar-refractivity contribution in [3.05, 3.63) is 64.5 Å². The predicted octanol–water partition coefficient (Wildman–Crippen LogP) is 2.09. The number of nitrogens with two attached hydrogens (primary N) is 1. The quantitative estimate of drug-likeness (QED) is 0.873. The van der Waals surface area contributed by atoms with Crippen molar-refractivity contribution in [2.45, 2.75) is 26.9 Å². The number of benzene rings is 1. The van der Waals surface area contributed by atoms with Gasteiger partial charge in [0.25, 0.3) is 0 Å². The second kappa shape index (κ2) is 6.30. The number of aryl methyl sites for hydroxylation is 2. The van der Waals surface area contributed by atoms with Gasteiger partial charge in [-0.2, -0.15) is 0 Å². The van der Waals surface area contributed by atoms with E-state index in [1.807, 2.05) is 25.1 Å². The van der Waals surface area contributed by atoms with Crippen molar-refractivity contribution in [1.29, 1.82) is 0 Å². The van der Waals surface area contributed by atoms with Gasteiger partial charge in [-0.05, 0) is 48.7 Å². The lowest BCUT2D eigenvalue weighted by atomic mass is 10.0. The van der Waals surface area contributed by atoms with E-state index in [4.69, 9.17) is 5.73 Å². The third-order valence-electron chi connectivity index (χ3n) is 3.35. The molecule has 2 rings (SSSR count). The number of rotatable bonds is 5. The van der Waals surface area contributed by atoms with Crippen molar-refractivity contribution < 1.29 is 4.79 Å². The Morgan fingerprint density at radius 3 is 2.65 bits per heavy atom. The Hall–Kier alpha value is -2.20. The lowest BCUT2D eigenvalue weighted by Gasteiger charge is -2.10. The van der Waals surface area contributed by atoms with Gasteiger partial charge in [0.05, 0.1) is 5.69 Å². The largest absolute Gasteiger partial charge is 0.366 e. The van der Waals surface area contributed by atoms with Crippen LogP contribution in [0, 0.1) is 13.8 Å². The molecule has 0 fully saturated rings. The highest BCUT2D eigenvalue weighted by Crippen LogP contribution is 2.11. The molecule has 1 aromatic carbocycles. The van der Waals surface area contributed by atoms with Crippen LogP contribution < -0.4 is 11.1 Å². The molecule has 0 radical (unpaired) electrons. The number of hydrogen-bond acceptors (Lipinski definition) is 3. The molecule has 0 aliphatic carbocycles. The summed E-state index contributed by atoms with van der Waals surface area (Å²) in [6.07, 6.45) is 1.80. The normalized spacial score (nSPS) is 10.5. The molecule has 0 spiro atoms. The van der Waals surface area contributed by atoms with Crippen molar-refractivity contribution >= 4 is 5.91 Å². The third-order valence-corrected chi connectivity index (χ3v) is 3.35. The van der Waals surface area contributed by atoms with Crippen LogP contribution in [0.15, 0.2) is 36.5 Å². The third kappa shape index (κ3) is 3.42. The van der Waals surface area contributed by atoms with Crippen LogP contribution in [0.1, 0.15) is 32.7 Å². The first-order chi connectivity index (χ1) is 9.58. The van der Waals surface area contributed by atoms with Crippen LogP contribution in [0.5, 0.6) is 0 Å². The lowest BCUT2D eigenvalue weighted by molar-refractivity contribution is 0.1000. The molecule has 4 nitrogen and oxygen atoms in total. The van der Waals surface area contributed by atoms with Crippen LogP contribution in [0.25, 0.3) is 0 Å². The molecule has 0 saturated heterocycles. The van der Waals surface area contributed by atoms with E-state index < -0.39 is 5.91 Å². The first-order valence-electron chi connectivity index (χ1n) is 6.58. The van der Waals surface area contributed by atoms with Gasteiger partial charge in [-0.15, -0.1) is 0 Å². The molecule has 0 atom stereocenters. The highest BCUT2D eigenvalue weighted by molar-refractivity contribution is 5.93. The van der Waals surface area contributed by atoms with Gasteiger partial charge in [0.15, 0.2) is 0 Å². The summed E-state index contributed by atoms with van der Waals surface area (Å²) in [6, 6.07) is 9.51. The van der Waals surface area contributed by atoms with Gasteiger partial charge in [0.2, 0.25) is 5.91 Å². The van der Waals surface area contributed by atoms with Gasteiger partial charge < -0.3 is 11.1 Å². The Balaban J connectivity index is 1.98. The van der Waals surface area contributed by atoms with Crippen molar-refractivity contribution in [2.75, 3.05) is 0 Å². The first kappa shape index (κ1) is 14.2. The smallest absolute Gasteiger partial charge is 0.248 e. The van der Waals surface area contributed by atoms with Crippen LogP contribution in [0.2, 0.25) is 0 Å². The fraction of sp³-hybridized carbons (Fsp3) is 0.250. The molecule has 0 aliphatic rings. The number of nitrogens with one attached hydrogen (secondary N) is 1. The summed E-state index contributed by atoms with van der Waals surface area (Å²) in [7, 11) is 0. The molecule has 1 heterocycles. The molecule has 1 amide bonds. The maximum atomic E-state index is 11.1. The summed E-state index contributed by atoms with van der Waals surface area (Å²) in [5, 5.41) is 3.37. The van der Waals surface area contributed by atoms with Gasteiger partial charge in [-0.25, -0.2) is 0 Å². The molecular weight excluding hydrogens is 250 g/mol. The van der Waals surface area contributed by atoms with Crippen LogP contribution in [0.3, 0.4) is 0 Å². The topological polar surface area (TPSA) is 68.0 Å². The Bertz CT molecular complexity index is 623. The molecule has 0 aliphatic heterocycles. The van der Waals surface area contributed by atoms with Crippen LogP contribution in [-0.4, -0.2) is 10.9 Å². The van der Waals surface area contributed by atoms with Crippen LogP contribution in [0.4, 0.5) is 0 Å². The fourth-order valence-electron chi connectivity index (χ4n) is 2.07. The highest BCUT2D eigenvalue weighted by atomic mass is 16.1. The standard InChI is InChI=1S/C16H19N3O/c1-11-4-3-7-19-15(11)10-18-9-14-6-5-13(16(17)20)8-12(14)2/h3-8,18H,9-10H2,1-2H3,(H2,17,20). The zero-order chi connectivity index (χ0) is 14.5. The van der Waals surface area contributed by atoms with Crippen molar-refractivity contribution in [2.24, 2.45) is 5.73 Å². The average Bonchev–Trinajstić information content (AvgIpc) is 2.42.